The van der Waals surface area contributed by atoms with Crippen LogP contribution < -0.4 is 36.4 Å². The molecule has 0 spiro atoms. The van der Waals surface area contributed by atoms with Crippen molar-refractivity contribution in [3.8, 4) is 0 Å². The molecular formula is C56H74F9N19O12S2. The van der Waals surface area contributed by atoms with E-state index in [1.54, 1.807) is 72.6 Å². The number of carbonyl (C=O) groups excluding carboxylic acids is 4. The van der Waals surface area contributed by atoms with Crippen LogP contribution in [0.5, 0.6) is 0 Å². The van der Waals surface area contributed by atoms with E-state index in [1.807, 2.05) is 17.9 Å². The molecule has 6 aromatic heterocycles. The number of rotatable bonds is 18. The van der Waals surface area contributed by atoms with E-state index in [9.17, 15) is 68.6 Å². The van der Waals surface area contributed by atoms with Gasteiger partial charge in [0.1, 0.15) is 34.9 Å². The summed E-state index contributed by atoms with van der Waals surface area (Å²) in [6, 6.07) is 10.3. The number of hydrogen-bond acceptors (Lipinski definition) is 26. The van der Waals surface area contributed by atoms with Crippen LogP contribution in [0, 0.1) is 50.4 Å². The average Bonchev–Trinajstić information content (AvgIpc) is 1.03. The first-order valence-corrected chi connectivity index (χ1v) is 29.1. The highest BCUT2D eigenvalue weighted by atomic mass is 32.1. The highest BCUT2D eigenvalue weighted by molar-refractivity contribution is 7.59. The van der Waals surface area contributed by atoms with Gasteiger partial charge in [-0.1, -0.05) is 0 Å². The lowest BCUT2D eigenvalue weighted by molar-refractivity contribution is -0.216. The predicted octanol–water partition coefficient (Wildman–Crippen LogP) is 6.85. The Bertz CT molecular complexity index is 3550. The Hall–Kier alpha value is -9.48. The van der Waals surface area contributed by atoms with Gasteiger partial charge in [-0.15, -0.1) is 0 Å². The first kappa shape index (κ1) is 81.0. The molecule has 8 atom stereocenters. The number of aromatic amines is 3. The topological polar surface area (TPSA) is 415 Å². The van der Waals surface area contributed by atoms with Gasteiger partial charge in [0.05, 0.1) is 63.4 Å². The number of halogens is 9. The van der Waals surface area contributed by atoms with Gasteiger partial charge in [0, 0.05) is 98.8 Å². The van der Waals surface area contributed by atoms with Crippen molar-refractivity contribution in [3.05, 3.63) is 72.1 Å². The number of carboxylic acid groups (broad SMARTS) is 2. The molecule has 0 radical (unpaired) electrons. The number of aromatic nitrogens is 12. The number of nitrogens with one attached hydrogen (secondary N) is 6. The van der Waals surface area contributed by atoms with Crippen molar-refractivity contribution in [3.63, 3.8) is 0 Å². The number of anilines is 9. The largest absolute Gasteiger partial charge is 0.490 e. The van der Waals surface area contributed by atoms with E-state index in [4.69, 9.17) is 25.1 Å². The number of nitrogens with zero attached hydrogens (tertiary/aromatic N) is 12. The first-order chi connectivity index (χ1) is 45.0. The van der Waals surface area contributed by atoms with Crippen LogP contribution in [0.3, 0.4) is 0 Å². The van der Waals surface area contributed by atoms with Crippen molar-refractivity contribution >= 4 is 116 Å². The molecule has 0 bridgehead atoms. The molecule has 0 unspecified atom stereocenters. The standard InChI is InChI=1S/C20H25F3N6O4.C19H23F3N6O4.C15H21N7O2.C2HF3O2.2H2S/c1-11-6-16(26-15-4-5-24-28-15)27-19(25-11)29-9-13(7-14(10-29)18(31)32-3)8-17(30)33-12(2)20(21,22)23;1-10-5-15(25-14-3-4-23-27-14)26-18(24-10)28-8-12(6-13(9-28)17(30)31)7-16(29)32-11(2)19(20,21)22;1-9-5-13(19-12-3-4-17-21-12)20-15(18-9)22-7-10(14(23)24-2)6-11(16)8-22;3-2(4,5)1(6)7;;/h4-6,12-14H,7-10H2,1-3H3,(H2,24,25,26,27,28);3-5,11-13H,6-9H2,1-2H3,(H,30,31)(H2,23,24,25,26,27);3-5,10-11H,6-8,16H2,1-2H3,(H2,17,18,19,20,21);(H,6,7);2*1H2/t12-,13-,14+;11-,12-,13+;10-,11-;;;/m001.../s1. The minimum absolute atomic E-state index is 0. The second-order valence-electron chi connectivity index (χ2n) is 22.3. The number of nitrogens with two attached hydrogens (primary N) is 1. The molecule has 0 amide bonds. The number of aliphatic carboxylic acids is 2. The fourth-order valence-corrected chi connectivity index (χ4v) is 9.95. The zero-order valence-corrected chi connectivity index (χ0v) is 55.4. The number of H-pyrrole nitrogens is 3. The second kappa shape index (κ2) is 36.2. The van der Waals surface area contributed by atoms with E-state index < -0.39 is 84.3 Å². The maximum absolute atomic E-state index is 12.7. The Morgan fingerprint density at radius 2 is 0.857 bits per heavy atom. The Labute approximate surface area is 566 Å². The summed E-state index contributed by atoms with van der Waals surface area (Å²) in [5.74, 6) is -4.64. The summed E-state index contributed by atoms with van der Waals surface area (Å²) in [6.45, 7) is 8.84. The summed E-state index contributed by atoms with van der Waals surface area (Å²) in [5.41, 5.74) is 8.18. The quantitative estimate of drug-likeness (QED) is 0.0241. The second-order valence-corrected chi connectivity index (χ2v) is 22.3. The Morgan fingerprint density at radius 3 is 1.15 bits per heavy atom. The monoisotopic (exact) mass is 1440 g/mol. The summed E-state index contributed by atoms with van der Waals surface area (Å²) in [6.07, 6.45) is -13.7. The normalized spacial score (nSPS) is 19.0. The van der Waals surface area contributed by atoms with Crippen LogP contribution in [0.25, 0.3) is 0 Å². The third-order valence-corrected chi connectivity index (χ3v) is 14.3. The summed E-state index contributed by atoms with van der Waals surface area (Å²) in [5, 5.41) is 45.8. The molecule has 6 aromatic rings. The number of esters is 4. The van der Waals surface area contributed by atoms with Gasteiger partial charge in [-0.3, -0.25) is 39.3 Å². The number of ether oxygens (including phenoxy) is 4. The number of piperidine rings is 3. The Kier molecular flexibility index (Phi) is 29.9. The molecule has 0 saturated carbocycles. The van der Waals surface area contributed by atoms with Crippen LogP contribution in [-0.2, 0) is 47.7 Å². The molecule has 540 valence electrons. The maximum atomic E-state index is 12.7. The minimum Gasteiger partial charge on any atom is -0.481 e. The zero-order chi connectivity index (χ0) is 70.8. The molecule has 3 aliphatic heterocycles. The fourth-order valence-electron chi connectivity index (χ4n) is 9.95. The predicted molar refractivity (Wildman–Crippen MR) is 340 cm³/mol. The van der Waals surface area contributed by atoms with Crippen LogP contribution in [0.1, 0.15) is 63.0 Å². The number of methoxy groups -OCH3 is 2. The van der Waals surface area contributed by atoms with E-state index in [0.29, 0.717) is 71.9 Å². The summed E-state index contributed by atoms with van der Waals surface area (Å²) in [4.78, 5) is 101. The third kappa shape index (κ3) is 25.5. The molecule has 31 nitrogen and oxygen atoms in total. The maximum Gasteiger partial charge on any atom is 0.490 e. The van der Waals surface area contributed by atoms with E-state index in [1.165, 1.54) is 14.2 Å². The van der Waals surface area contributed by atoms with Crippen molar-refractivity contribution < 1.29 is 97.4 Å². The number of carbonyl (C=O) groups is 6. The van der Waals surface area contributed by atoms with Crippen molar-refractivity contribution in [2.75, 3.05) is 84.1 Å². The lowest BCUT2D eigenvalue weighted by Crippen LogP contribution is -2.50. The van der Waals surface area contributed by atoms with Crippen molar-refractivity contribution in [1.29, 1.82) is 0 Å². The molecule has 0 aromatic carbocycles. The first-order valence-electron chi connectivity index (χ1n) is 29.1. The Morgan fingerprint density at radius 1 is 0.541 bits per heavy atom. The third-order valence-electron chi connectivity index (χ3n) is 14.3. The fraction of sp³-hybridized carbons (Fsp3) is 0.518. The summed E-state index contributed by atoms with van der Waals surface area (Å²) < 4.78 is 127. The molecule has 9 heterocycles. The summed E-state index contributed by atoms with van der Waals surface area (Å²) >= 11 is 0. The van der Waals surface area contributed by atoms with E-state index in [-0.39, 0.29) is 103 Å². The highest BCUT2D eigenvalue weighted by Crippen LogP contribution is 2.33. The van der Waals surface area contributed by atoms with Gasteiger partial charge in [0.15, 0.2) is 12.2 Å². The summed E-state index contributed by atoms with van der Waals surface area (Å²) in [7, 11) is 2.65. The van der Waals surface area contributed by atoms with Crippen molar-refractivity contribution in [2.24, 2.45) is 35.3 Å². The van der Waals surface area contributed by atoms with Gasteiger partial charge in [-0.05, 0) is 65.7 Å². The molecule has 42 heteroatoms. The van der Waals surface area contributed by atoms with E-state index in [2.05, 4.69) is 85.9 Å². The average molecular weight is 1440 g/mol. The van der Waals surface area contributed by atoms with Gasteiger partial charge in [0.25, 0.3) is 0 Å². The Balaban J connectivity index is 0.000000297. The SMILES string of the molecule is COC(=O)[C@@H]1C[C@@H](CC(=O)O[C@@H](C)C(F)(F)F)CN(c2nc(C)cc(Nc3ccn[nH]3)n2)C1.COC(=O)[C@@H]1C[C@@H](N)CN(c2nc(C)cc(Nc3ccn[nH]3)n2)C1.Cc1cc(Nc2ccn[nH]2)nc(N2C[C@H](CC(=O)O[C@@H](C)C(F)(F)F)C[C@@H](C(=O)O)C2)n1.O=C(O)C(F)(F)F.S.S. The van der Waals surface area contributed by atoms with Crippen molar-refractivity contribution in [1.82, 2.24) is 60.5 Å². The van der Waals surface area contributed by atoms with Gasteiger partial charge in [-0.25, -0.2) is 19.7 Å². The van der Waals surface area contributed by atoms with Crippen molar-refractivity contribution in [2.45, 2.75) is 104 Å². The lowest BCUT2D eigenvalue weighted by Gasteiger charge is -2.36. The molecule has 98 heavy (non-hydrogen) atoms. The highest BCUT2D eigenvalue weighted by Gasteiger charge is 2.43. The van der Waals surface area contributed by atoms with Gasteiger partial charge in [-0.2, -0.15) is 96.8 Å². The molecule has 10 N–H and O–H groups in total. The van der Waals surface area contributed by atoms with Gasteiger partial charge < -0.3 is 65.5 Å². The van der Waals surface area contributed by atoms with Gasteiger partial charge >= 0.3 is 54.3 Å². The number of aryl methyl sites for hydroxylation is 3. The molecular weight excluding hydrogens is 1370 g/mol. The molecule has 3 saturated heterocycles. The van der Waals surface area contributed by atoms with Crippen LogP contribution >= 0.6 is 27.0 Å². The number of alkyl halides is 9. The van der Waals surface area contributed by atoms with Crippen LogP contribution in [0.4, 0.5) is 92.3 Å². The smallest absolute Gasteiger partial charge is 0.481 e. The number of hydrogen-bond donors (Lipinski definition) is 9. The van der Waals surface area contributed by atoms with Crippen LogP contribution in [-0.4, -0.2) is 197 Å². The van der Waals surface area contributed by atoms with E-state index >= 15 is 0 Å². The van der Waals surface area contributed by atoms with Crippen LogP contribution in [0.15, 0.2) is 55.0 Å². The minimum atomic E-state index is -5.08. The lowest BCUT2D eigenvalue weighted by atomic mass is 9.87. The molecule has 3 fully saturated rings. The zero-order valence-electron chi connectivity index (χ0n) is 53.4. The molecule has 9 rings (SSSR count). The van der Waals surface area contributed by atoms with E-state index in [0.717, 1.165) is 25.4 Å². The van der Waals surface area contributed by atoms with Crippen LogP contribution in [0.2, 0.25) is 0 Å². The number of carboxylic acids is 2. The molecule has 3 aliphatic rings. The molecule has 0 aliphatic carbocycles. The van der Waals surface area contributed by atoms with Gasteiger partial charge in [0.2, 0.25) is 17.8 Å².